The van der Waals surface area contributed by atoms with Crippen LogP contribution in [0, 0.1) is 17.6 Å². The summed E-state index contributed by atoms with van der Waals surface area (Å²) in [5, 5.41) is 3.08. The number of fused-ring (bicyclic) bond motifs is 5. The largest absolute Gasteiger partial charge is 0.375 e. The molecule has 2 amide bonds. The number of hydrogen-bond acceptors (Lipinski definition) is 7. The van der Waals surface area contributed by atoms with Crippen LogP contribution in [0.2, 0.25) is 5.02 Å². The second-order valence-electron chi connectivity index (χ2n) is 16.9. The van der Waals surface area contributed by atoms with Crippen LogP contribution in [0.3, 0.4) is 0 Å². The molecule has 0 aliphatic carbocycles. The van der Waals surface area contributed by atoms with Gasteiger partial charge in [0.2, 0.25) is 11.8 Å². The number of nitrogens with zero attached hydrogens (tertiary/aromatic N) is 4. The van der Waals surface area contributed by atoms with Crippen LogP contribution in [0.25, 0.3) is 16.6 Å². The Kier molecular flexibility index (Phi) is 9.13. The van der Waals surface area contributed by atoms with Gasteiger partial charge < -0.3 is 14.5 Å². The molecule has 0 saturated carbocycles. The van der Waals surface area contributed by atoms with Gasteiger partial charge >= 0.3 is 0 Å². The smallest absolute Gasteiger partial charge is 0.282 e. The summed E-state index contributed by atoms with van der Waals surface area (Å²) in [4.78, 5) is 46.0. The Morgan fingerprint density at radius 2 is 1.67 bits per heavy atom. The van der Waals surface area contributed by atoms with Crippen molar-refractivity contribution in [1.29, 1.82) is 0 Å². The highest BCUT2D eigenvalue weighted by Gasteiger charge is 2.42. The third-order valence-corrected chi connectivity index (χ3v) is 13.6. The van der Waals surface area contributed by atoms with E-state index >= 15 is 8.78 Å². The minimum Gasteiger partial charge on any atom is -0.375 e. The van der Waals surface area contributed by atoms with Gasteiger partial charge in [-0.2, -0.15) is 4.98 Å². The molecular formula is C43H46ClF2N5O4. The summed E-state index contributed by atoms with van der Waals surface area (Å²) in [6, 6.07) is 15.0. The molecule has 4 saturated heterocycles. The lowest BCUT2D eigenvalue weighted by Crippen LogP contribution is -2.50. The summed E-state index contributed by atoms with van der Waals surface area (Å²) in [5.41, 5.74) is 3.68. The van der Waals surface area contributed by atoms with Crippen molar-refractivity contribution < 1.29 is 23.1 Å². The predicted octanol–water partition coefficient (Wildman–Crippen LogP) is 7.12. The fourth-order valence-electron chi connectivity index (χ4n) is 10.0. The van der Waals surface area contributed by atoms with E-state index in [9.17, 15) is 14.4 Å². The van der Waals surface area contributed by atoms with Gasteiger partial charge in [0.1, 0.15) is 17.5 Å². The van der Waals surface area contributed by atoms with E-state index in [1.54, 1.807) is 6.07 Å². The molecule has 5 aliphatic heterocycles. The first-order valence-electron chi connectivity index (χ1n) is 19.7. The monoisotopic (exact) mass is 769 g/mol. The predicted molar refractivity (Wildman–Crippen MR) is 207 cm³/mol. The van der Waals surface area contributed by atoms with Gasteiger partial charge in [-0.05, 0) is 125 Å². The number of rotatable bonds is 5. The highest BCUT2D eigenvalue weighted by molar-refractivity contribution is 6.35. The Labute approximate surface area is 324 Å². The number of carbonyl (C=O) groups is 2. The minimum absolute atomic E-state index is 0.0643. The zero-order chi connectivity index (χ0) is 38.2. The number of piperidine rings is 3. The average Bonchev–Trinajstić information content (AvgIpc) is 3.39. The van der Waals surface area contributed by atoms with E-state index in [1.807, 2.05) is 17.0 Å². The molecule has 12 heteroatoms. The number of aromatic nitrogens is 2. The van der Waals surface area contributed by atoms with Crippen LogP contribution in [0.15, 0.2) is 53.3 Å². The van der Waals surface area contributed by atoms with Crippen LogP contribution in [0.4, 0.5) is 14.5 Å². The Morgan fingerprint density at radius 3 is 2.36 bits per heavy atom. The Morgan fingerprint density at radius 1 is 0.927 bits per heavy atom. The van der Waals surface area contributed by atoms with E-state index in [0.29, 0.717) is 41.0 Å². The van der Waals surface area contributed by atoms with Crippen LogP contribution < -0.4 is 15.8 Å². The van der Waals surface area contributed by atoms with Crippen LogP contribution in [-0.2, 0) is 19.7 Å². The van der Waals surface area contributed by atoms with Crippen molar-refractivity contribution in [2.45, 2.75) is 88.1 Å². The summed E-state index contributed by atoms with van der Waals surface area (Å²) >= 11 is 6.50. The highest BCUT2D eigenvalue weighted by Crippen LogP contribution is 2.45. The lowest BCUT2D eigenvalue weighted by atomic mass is 9.81. The maximum atomic E-state index is 15.2. The number of amides is 2. The SMILES string of the molecule is CC1(C)c2ccc(C3CCN(C[C@@H]4CCC5(CCN(c6cc(F)c(C7CCC(=O)NC7=O)c(F)c6)CC5)OC4)CC3)cc2-n2c1nc(=O)c1c(Cl)cccc12. The number of carbonyl (C=O) groups excluding carboxylic acids is 2. The maximum Gasteiger partial charge on any atom is 0.282 e. The zero-order valence-corrected chi connectivity index (χ0v) is 32.1. The first kappa shape index (κ1) is 36.4. The molecule has 1 unspecified atom stereocenters. The summed E-state index contributed by atoms with van der Waals surface area (Å²) in [6.45, 7) is 9.33. The number of ether oxygens (including phenoxy) is 1. The maximum absolute atomic E-state index is 15.2. The Balaban J connectivity index is 0.792. The van der Waals surface area contributed by atoms with Crippen molar-refractivity contribution in [1.82, 2.24) is 19.8 Å². The van der Waals surface area contributed by atoms with Crippen LogP contribution >= 0.6 is 11.6 Å². The molecule has 5 aliphatic rings. The molecule has 1 aromatic heterocycles. The second kappa shape index (κ2) is 13.8. The number of likely N-dealkylation sites (tertiary alicyclic amines) is 1. The van der Waals surface area contributed by atoms with Crippen LogP contribution in [0.5, 0.6) is 0 Å². The van der Waals surface area contributed by atoms with Crippen LogP contribution in [-0.4, -0.2) is 71.2 Å². The summed E-state index contributed by atoms with van der Waals surface area (Å²) < 4.78 is 39.2. The number of anilines is 1. The first-order chi connectivity index (χ1) is 26.4. The third-order valence-electron chi connectivity index (χ3n) is 13.3. The summed E-state index contributed by atoms with van der Waals surface area (Å²) in [6.07, 6.45) is 5.98. The van der Waals surface area contributed by atoms with Gasteiger partial charge in [0.25, 0.3) is 5.56 Å². The molecule has 9 nitrogen and oxygen atoms in total. The van der Waals surface area contributed by atoms with Gasteiger partial charge in [-0.3, -0.25) is 24.3 Å². The Hall–Kier alpha value is -4.19. The number of imide groups is 1. The van der Waals surface area contributed by atoms with E-state index in [-0.39, 0.29) is 29.6 Å². The lowest BCUT2D eigenvalue weighted by molar-refractivity contribution is -0.134. The van der Waals surface area contributed by atoms with Gasteiger partial charge in [-0.25, -0.2) is 8.78 Å². The molecule has 2 atom stereocenters. The number of halogens is 3. The summed E-state index contributed by atoms with van der Waals surface area (Å²) in [5.74, 6) is -1.89. The number of benzene rings is 3. The van der Waals surface area contributed by atoms with Crippen molar-refractivity contribution >= 4 is 40.0 Å². The fourth-order valence-corrected chi connectivity index (χ4v) is 10.3. The van der Waals surface area contributed by atoms with Crippen molar-refractivity contribution in [2.75, 3.05) is 44.2 Å². The quantitative estimate of drug-likeness (QED) is 0.216. The van der Waals surface area contributed by atoms with Crippen molar-refractivity contribution in [3.63, 3.8) is 0 Å². The molecule has 4 aromatic rings. The highest BCUT2D eigenvalue weighted by atomic mass is 35.5. The normalized spacial score (nSPS) is 23.9. The molecule has 3 aromatic carbocycles. The van der Waals surface area contributed by atoms with E-state index in [1.165, 1.54) is 17.7 Å². The molecule has 0 radical (unpaired) electrons. The standard InChI is InChI=1S/C43H46ClF2N5O4/c1-42(2)30-8-6-27(20-35(30)51-34-5-3-4-31(44)38(34)40(54)48-41(42)51)26-11-16-49(17-12-26)23-25-10-13-43(55-24-25)14-18-50(19-15-43)28-21-32(45)37(33(46)22-28)29-7-9-36(52)47-39(29)53/h3-6,8,20-22,25-26,29H,7,9-19,23-24H2,1-2H3,(H,47,52,53)/t25-,29?/m0/s1. The lowest BCUT2D eigenvalue weighted by Gasteiger charge is -2.47. The number of hydrogen-bond donors (Lipinski definition) is 1. The topological polar surface area (TPSA) is 96.8 Å². The molecule has 1 spiro atoms. The van der Waals surface area contributed by atoms with E-state index in [4.69, 9.17) is 16.3 Å². The third kappa shape index (κ3) is 6.36. The minimum atomic E-state index is -1.00. The molecular weight excluding hydrogens is 724 g/mol. The van der Waals surface area contributed by atoms with E-state index in [2.05, 4.69) is 51.8 Å². The summed E-state index contributed by atoms with van der Waals surface area (Å²) in [7, 11) is 0. The van der Waals surface area contributed by atoms with Gasteiger partial charge in [0.15, 0.2) is 0 Å². The van der Waals surface area contributed by atoms with Gasteiger partial charge in [-0.15, -0.1) is 0 Å². The number of nitrogens with one attached hydrogen (secondary N) is 1. The van der Waals surface area contributed by atoms with E-state index in [0.717, 1.165) is 87.4 Å². The van der Waals surface area contributed by atoms with Gasteiger partial charge in [0.05, 0.1) is 45.2 Å². The molecule has 1 N–H and O–H groups in total. The molecule has 9 rings (SSSR count). The average molecular weight is 770 g/mol. The molecule has 288 valence electrons. The zero-order valence-electron chi connectivity index (χ0n) is 31.3. The Bertz CT molecular complexity index is 2240. The van der Waals surface area contributed by atoms with Gasteiger partial charge in [0, 0.05) is 37.3 Å². The molecule has 0 bridgehead atoms. The van der Waals surface area contributed by atoms with Crippen LogP contribution in [0.1, 0.15) is 99.6 Å². The first-order valence-corrected chi connectivity index (χ1v) is 20.1. The van der Waals surface area contributed by atoms with Crippen molar-refractivity contribution in [2.24, 2.45) is 5.92 Å². The molecule has 6 heterocycles. The van der Waals surface area contributed by atoms with Gasteiger partial charge in [-0.1, -0.05) is 29.8 Å². The van der Waals surface area contributed by atoms with Crippen molar-refractivity contribution in [3.8, 4) is 5.69 Å². The molecule has 4 fully saturated rings. The van der Waals surface area contributed by atoms with Crippen molar-refractivity contribution in [3.05, 3.63) is 98.1 Å². The second-order valence-corrected chi connectivity index (χ2v) is 17.3. The fraction of sp³-hybridized carbons (Fsp3) is 0.488. The van der Waals surface area contributed by atoms with E-state index < -0.39 is 34.8 Å². The molecule has 55 heavy (non-hydrogen) atoms.